The van der Waals surface area contributed by atoms with E-state index in [0.29, 0.717) is 6.54 Å². The maximum Gasteiger partial charge on any atom is 0.221 e. The van der Waals surface area contributed by atoms with Crippen molar-refractivity contribution in [1.29, 1.82) is 0 Å². The lowest BCUT2D eigenvalue weighted by Gasteiger charge is -2.15. The van der Waals surface area contributed by atoms with E-state index in [1.54, 1.807) is 12.5 Å². The van der Waals surface area contributed by atoms with E-state index in [9.17, 15) is 4.79 Å². The SMILES string of the molecule is CC(=O)Nc1cccc(C(C)NCc2ccncn2)c1. The fraction of sp³-hybridized carbons (Fsp3) is 0.267. The van der Waals surface area contributed by atoms with Gasteiger partial charge in [-0.05, 0) is 30.7 Å². The van der Waals surface area contributed by atoms with Crippen LogP contribution in [0.2, 0.25) is 0 Å². The van der Waals surface area contributed by atoms with E-state index in [4.69, 9.17) is 0 Å². The third-order valence-corrected chi connectivity index (χ3v) is 2.94. The average Bonchev–Trinajstić information content (AvgIpc) is 2.45. The fourth-order valence-corrected chi connectivity index (χ4v) is 1.89. The van der Waals surface area contributed by atoms with Crippen molar-refractivity contribution in [2.75, 3.05) is 5.32 Å². The molecule has 20 heavy (non-hydrogen) atoms. The molecule has 1 unspecified atom stereocenters. The van der Waals surface area contributed by atoms with Gasteiger partial charge in [0.25, 0.3) is 0 Å². The molecule has 0 bridgehead atoms. The Morgan fingerprint density at radius 3 is 2.90 bits per heavy atom. The van der Waals surface area contributed by atoms with Gasteiger partial charge in [-0.2, -0.15) is 0 Å². The van der Waals surface area contributed by atoms with Crippen LogP contribution in [0.5, 0.6) is 0 Å². The quantitative estimate of drug-likeness (QED) is 0.874. The summed E-state index contributed by atoms with van der Waals surface area (Å²) in [6.45, 7) is 4.26. The molecule has 0 fully saturated rings. The number of rotatable bonds is 5. The number of hydrogen-bond donors (Lipinski definition) is 2. The van der Waals surface area contributed by atoms with Crippen molar-refractivity contribution in [1.82, 2.24) is 15.3 Å². The molecule has 5 heteroatoms. The summed E-state index contributed by atoms with van der Waals surface area (Å²) in [5.41, 5.74) is 2.88. The lowest BCUT2D eigenvalue weighted by atomic mass is 10.1. The third-order valence-electron chi connectivity index (χ3n) is 2.94. The standard InChI is InChI=1S/C15H18N4O/c1-11(17-9-15-6-7-16-10-18-15)13-4-3-5-14(8-13)19-12(2)20/h3-8,10-11,17H,9H2,1-2H3,(H,19,20). The van der Waals surface area contributed by atoms with Gasteiger partial charge in [-0.3, -0.25) is 4.79 Å². The van der Waals surface area contributed by atoms with Crippen LogP contribution in [0.15, 0.2) is 42.9 Å². The number of benzene rings is 1. The van der Waals surface area contributed by atoms with Gasteiger partial charge in [-0.1, -0.05) is 12.1 Å². The van der Waals surface area contributed by atoms with Crippen LogP contribution in [0.1, 0.15) is 31.1 Å². The number of carbonyl (C=O) groups is 1. The Kier molecular flexibility index (Phi) is 4.79. The van der Waals surface area contributed by atoms with Gasteiger partial charge >= 0.3 is 0 Å². The lowest BCUT2D eigenvalue weighted by Crippen LogP contribution is -2.19. The molecule has 2 rings (SSSR count). The highest BCUT2D eigenvalue weighted by atomic mass is 16.1. The Bertz CT molecular complexity index is 571. The predicted octanol–water partition coefficient (Wildman–Crippen LogP) is 2.29. The molecule has 1 atom stereocenters. The molecule has 1 aromatic carbocycles. The second-order valence-corrected chi connectivity index (χ2v) is 4.61. The predicted molar refractivity (Wildman–Crippen MR) is 78.0 cm³/mol. The van der Waals surface area contributed by atoms with Crippen LogP contribution in [0.4, 0.5) is 5.69 Å². The van der Waals surface area contributed by atoms with Gasteiger partial charge in [-0.15, -0.1) is 0 Å². The summed E-state index contributed by atoms with van der Waals surface area (Å²) in [5, 5.41) is 6.18. The molecule has 2 N–H and O–H groups in total. The zero-order chi connectivity index (χ0) is 14.4. The van der Waals surface area contributed by atoms with E-state index in [1.165, 1.54) is 6.92 Å². The largest absolute Gasteiger partial charge is 0.326 e. The molecule has 2 aromatic rings. The van der Waals surface area contributed by atoms with Crippen molar-refractivity contribution >= 4 is 11.6 Å². The number of amides is 1. The summed E-state index contributed by atoms with van der Waals surface area (Å²) in [4.78, 5) is 19.1. The molecular formula is C15H18N4O. The molecule has 1 heterocycles. The van der Waals surface area contributed by atoms with Crippen molar-refractivity contribution in [2.24, 2.45) is 0 Å². The van der Waals surface area contributed by atoms with Crippen LogP contribution in [-0.2, 0) is 11.3 Å². The molecule has 0 saturated heterocycles. The van der Waals surface area contributed by atoms with E-state index < -0.39 is 0 Å². The molecular weight excluding hydrogens is 252 g/mol. The first kappa shape index (κ1) is 14.1. The smallest absolute Gasteiger partial charge is 0.221 e. The molecule has 0 radical (unpaired) electrons. The first-order valence-electron chi connectivity index (χ1n) is 6.51. The Hall–Kier alpha value is -2.27. The zero-order valence-corrected chi connectivity index (χ0v) is 11.6. The average molecular weight is 270 g/mol. The van der Waals surface area contributed by atoms with E-state index >= 15 is 0 Å². The third kappa shape index (κ3) is 4.13. The summed E-state index contributed by atoms with van der Waals surface area (Å²) < 4.78 is 0. The molecule has 1 aromatic heterocycles. The molecule has 0 aliphatic carbocycles. The highest BCUT2D eigenvalue weighted by molar-refractivity contribution is 5.88. The van der Waals surface area contributed by atoms with Crippen molar-refractivity contribution in [3.63, 3.8) is 0 Å². The second kappa shape index (κ2) is 6.77. The van der Waals surface area contributed by atoms with E-state index in [0.717, 1.165) is 16.9 Å². The van der Waals surface area contributed by atoms with Crippen molar-refractivity contribution in [2.45, 2.75) is 26.4 Å². The summed E-state index contributed by atoms with van der Waals surface area (Å²) in [6, 6.07) is 9.86. The van der Waals surface area contributed by atoms with Crippen molar-refractivity contribution in [3.05, 3.63) is 54.1 Å². The summed E-state index contributed by atoms with van der Waals surface area (Å²) in [7, 11) is 0. The van der Waals surface area contributed by atoms with Gasteiger partial charge in [-0.25, -0.2) is 9.97 Å². The highest BCUT2D eigenvalue weighted by Crippen LogP contribution is 2.17. The number of nitrogens with zero attached hydrogens (tertiary/aromatic N) is 2. The topological polar surface area (TPSA) is 66.9 Å². The summed E-state index contributed by atoms with van der Waals surface area (Å²) in [5.74, 6) is -0.0660. The van der Waals surface area contributed by atoms with Gasteiger partial charge in [0.2, 0.25) is 5.91 Å². The Morgan fingerprint density at radius 2 is 2.20 bits per heavy atom. The van der Waals surface area contributed by atoms with Gasteiger partial charge < -0.3 is 10.6 Å². The van der Waals surface area contributed by atoms with Crippen LogP contribution in [0, 0.1) is 0 Å². The second-order valence-electron chi connectivity index (χ2n) is 4.61. The van der Waals surface area contributed by atoms with Gasteiger partial charge in [0.15, 0.2) is 0 Å². The molecule has 104 valence electrons. The zero-order valence-electron chi connectivity index (χ0n) is 11.6. The molecule has 0 aliphatic heterocycles. The van der Waals surface area contributed by atoms with Crippen molar-refractivity contribution < 1.29 is 4.79 Å². The van der Waals surface area contributed by atoms with Gasteiger partial charge in [0.1, 0.15) is 6.33 Å². The van der Waals surface area contributed by atoms with Crippen LogP contribution in [-0.4, -0.2) is 15.9 Å². The summed E-state index contributed by atoms with van der Waals surface area (Å²) in [6.07, 6.45) is 3.27. The molecule has 0 aliphatic rings. The Morgan fingerprint density at radius 1 is 1.35 bits per heavy atom. The van der Waals surface area contributed by atoms with Crippen LogP contribution < -0.4 is 10.6 Å². The van der Waals surface area contributed by atoms with E-state index in [1.807, 2.05) is 30.3 Å². The van der Waals surface area contributed by atoms with Crippen LogP contribution in [0.25, 0.3) is 0 Å². The molecule has 1 amide bonds. The van der Waals surface area contributed by atoms with E-state index in [-0.39, 0.29) is 11.9 Å². The van der Waals surface area contributed by atoms with Gasteiger partial charge in [0.05, 0.1) is 5.69 Å². The minimum absolute atomic E-state index is 0.0660. The first-order chi connectivity index (χ1) is 9.65. The summed E-state index contributed by atoms with van der Waals surface area (Å²) >= 11 is 0. The Balaban J connectivity index is 1.98. The maximum absolute atomic E-state index is 11.1. The minimum atomic E-state index is -0.0660. The molecule has 0 spiro atoms. The number of aromatic nitrogens is 2. The fourth-order valence-electron chi connectivity index (χ4n) is 1.89. The lowest BCUT2D eigenvalue weighted by molar-refractivity contribution is -0.114. The first-order valence-corrected chi connectivity index (χ1v) is 6.51. The number of hydrogen-bond acceptors (Lipinski definition) is 4. The number of anilines is 1. The van der Waals surface area contributed by atoms with Crippen LogP contribution in [0.3, 0.4) is 0 Å². The minimum Gasteiger partial charge on any atom is -0.326 e. The number of carbonyl (C=O) groups excluding carboxylic acids is 1. The maximum atomic E-state index is 11.1. The van der Waals surface area contributed by atoms with Crippen molar-refractivity contribution in [3.8, 4) is 0 Å². The van der Waals surface area contributed by atoms with Gasteiger partial charge in [0, 0.05) is 31.4 Å². The highest BCUT2D eigenvalue weighted by Gasteiger charge is 2.06. The Labute approximate surface area is 118 Å². The molecule has 5 nitrogen and oxygen atoms in total. The monoisotopic (exact) mass is 270 g/mol. The normalized spacial score (nSPS) is 11.9. The van der Waals surface area contributed by atoms with Crippen LogP contribution >= 0.6 is 0 Å². The number of nitrogens with one attached hydrogen (secondary N) is 2. The molecule has 0 saturated carbocycles. The van der Waals surface area contributed by atoms with E-state index in [2.05, 4.69) is 27.5 Å².